The van der Waals surface area contributed by atoms with Crippen molar-refractivity contribution >= 4 is 11.9 Å². The minimum Gasteiger partial charge on any atom is -0.391 e. The number of carbonyl (C=O) groups is 2. The van der Waals surface area contributed by atoms with Gasteiger partial charge in [-0.25, -0.2) is 4.79 Å². The molecule has 0 heterocycles. The molecule has 0 fully saturated rings. The molecule has 0 spiro atoms. The maximum absolute atomic E-state index is 12.9. The van der Waals surface area contributed by atoms with E-state index in [1.807, 2.05) is 74.5 Å². The predicted octanol–water partition coefficient (Wildman–Crippen LogP) is 1.73. The van der Waals surface area contributed by atoms with Crippen LogP contribution in [-0.4, -0.2) is 41.3 Å². The van der Waals surface area contributed by atoms with E-state index >= 15 is 0 Å². The molecule has 7 heteroatoms. The Morgan fingerprint density at radius 1 is 0.903 bits per heavy atom. The fraction of sp³-hybridized carbons (Fsp3) is 0.417. The second-order valence-electron chi connectivity index (χ2n) is 8.28. The number of nitrogens with one attached hydrogen (secondary N) is 2. The third-order valence-corrected chi connectivity index (χ3v) is 5.25. The van der Waals surface area contributed by atoms with E-state index in [1.54, 1.807) is 0 Å². The molecule has 0 aliphatic rings. The second-order valence-corrected chi connectivity index (χ2v) is 8.28. The quantitative estimate of drug-likeness (QED) is 0.374. The molecule has 0 saturated heterocycles. The van der Waals surface area contributed by atoms with E-state index in [9.17, 15) is 14.7 Å². The van der Waals surface area contributed by atoms with E-state index in [1.165, 1.54) is 0 Å². The zero-order valence-electron chi connectivity index (χ0n) is 18.2. The molecule has 0 saturated carbocycles. The first kappa shape index (κ1) is 24.4. The number of hydrogen-bond donors (Lipinski definition) is 5. The van der Waals surface area contributed by atoms with Gasteiger partial charge in [0, 0.05) is 12.1 Å². The smallest absolute Gasteiger partial charge is 0.312 e. The summed E-state index contributed by atoms with van der Waals surface area (Å²) in [5, 5.41) is 16.2. The molecule has 31 heavy (non-hydrogen) atoms. The minimum absolute atomic E-state index is 0.143. The van der Waals surface area contributed by atoms with Crippen LogP contribution in [0.1, 0.15) is 31.4 Å². The van der Waals surface area contributed by atoms with Crippen LogP contribution >= 0.6 is 0 Å². The van der Waals surface area contributed by atoms with Crippen LogP contribution < -0.4 is 22.1 Å². The van der Waals surface area contributed by atoms with E-state index in [-0.39, 0.29) is 24.3 Å². The van der Waals surface area contributed by atoms with Gasteiger partial charge in [0.1, 0.15) is 6.04 Å². The lowest BCUT2D eigenvalue weighted by Gasteiger charge is -2.28. The zero-order chi connectivity index (χ0) is 22.8. The van der Waals surface area contributed by atoms with Crippen molar-refractivity contribution in [3.8, 4) is 0 Å². The standard InChI is InChI=1S/C24H34N4O3/c1-16(2)22(28-24(26)31)23(30)27-19(13-17-9-5-3-6-10-17)15-21(29)20(25)14-18-11-7-4-8-12-18/h3-12,16,19-22,29H,13-15,25H2,1-2H3,(H,27,30)(H3,26,28,31). The average Bonchev–Trinajstić information content (AvgIpc) is 2.73. The molecule has 0 radical (unpaired) electrons. The molecule has 0 aromatic heterocycles. The van der Waals surface area contributed by atoms with Crippen LogP contribution in [0.15, 0.2) is 60.7 Å². The van der Waals surface area contributed by atoms with Crippen molar-refractivity contribution in [2.45, 2.75) is 57.3 Å². The van der Waals surface area contributed by atoms with Gasteiger partial charge in [-0.1, -0.05) is 74.5 Å². The molecule has 7 N–H and O–H groups in total. The number of benzene rings is 2. The summed E-state index contributed by atoms with van der Waals surface area (Å²) in [6, 6.07) is 17.1. The third-order valence-electron chi connectivity index (χ3n) is 5.25. The molecule has 4 atom stereocenters. The number of primary amides is 1. The highest BCUT2D eigenvalue weighted by molar-refractivity contribution is 5.86. The number of carbonyl (C=O) groups excluding carboxylic acids is 2. The highest BCUT2D eigenvalue weighted by Gasteiger charge is 2.28. The summed E-state index contributed by atoms with van der Waals surface area (Å²) in [6.07, 6.45) is 0.543. The van der Waals surface area contributed by atoms with Crippen LogP contribution in [0, 0.1) is 5.92 Å². The van der Waals surface area contributed by atoms with E-state index in [0.29, 0.717) is 12.8 Å². The molecule has 2 aromatic rings. The lowest BCUT2D eigenvalue weighted by atomic mass is 9.93. The van der Waals surface area contributed by atoms with Gasteiger partial charge in [-0.2, -0.15) is 0 Å². The molecule has 0 aliphatic heterocycles. The van der Waals surface area contributed by atoms with Gasteiger partial charge in [-0.3, -0.25) is 4.79 Å². The summed E-state index contributed by atoms with van der Waals surface area (Å²) in [5.41, 5.74) is 13.6. The lowest BCUT2D eigenvalue weighted by molar-refractivity contribution is -0.124. The van der Waals surface area contributed by atoms with E-state index < -0.39 is 24.2 Å². The summed E-state index contributed by atoms with van der Waals surface area (Å²) in [4.78, 5) is 24.2. The molecule has 3 amide bonds. The highest BCUT2D eigenvalue weighted by Crippen LogP contribution is 2.13. The SMILES string of the molecule is CC(C)C(NC(N)=O)C(=O)NC(Cc1ccccc1)CC(O)C(N)Cc1ccccc1. The Morgan fingerprint density at radius 2 is 1.42 bits per heavy atom. The topological polar surface area (TPSA) is 130 Å². The molecule has 2 rings (SSSR count). The number of hydrogen-bond acceptors (Lipinski definition) is 4. The first-order valence-electron chi connectivity index (χ1n) is 10.6. The van der Waals surface area contributed by atoms with Crippen molar-refractivity contribution in [3.05, 3.63) is 71.8 Å². The summed E-state index contributed by atoms with van der Waals surface area (Å²) in [6.45, 7) is 3.66. The lowest BCUT2D eigenvalue weighted by Crippen LogP contribution is -2.54. The van der Waals surface area contributed by atoms with Crippen molar-refractivity contribution in [2.75, 3.05) is 0 Å². The maximum atomic E-state index is 12.9. The van der Waals surface area contributed by atoms with Crippen LogP contribution in [0.2, 0.25) is 0 Å². The predicted molar refractivity (Wildman–Crippen MR) is 122 cm³/mol. The monoisotopic (exact) mass is 426 g/mol. The minimum atomic E-state index is -0.809. The number of rotatable bonds is 11. The fourth-order valence-electron chi connectivity index (χ4n) is 3.56. The molecule has 0 aliphatic carbocycles. The van der Waals surface area contributed by atoms with Gasteiger partial charge in [-0.15, -0.1) is 0 Å². The van der Waals surface area contributed by atoms with Crippen LogP contribution in [0.25, 0.3) is 0 Å². The van der Waals surface area contributed by atoms with Crippen LogP contribution in [-0.2, 0) is 17.6 Å². The molecule has 2 aromatic carbocycles. The summed E-state index contributed by atoms with van der Waals surface area (Å²) >= 11 is 0. The van der Waals surface area contributed by atoms with Gasteiger partial charge in [0.15, 0.2) is 0 Å². The molecular formula is C24H34N4O3. The second kappa shape index (κ2) is 12.1. The molecule has 7 nitrogen and oxygen atoms in total. The van der Waals surface area contributed by atoms with Gasteiger partial charge < -0.3 is 27.2 Å². The highest BCUT2D eigenvalue weighted by atomic mass is 16.3. The van der Waals surface area contributed by atoms with Crippen molar-refractivity contribution < 1.29 is 14.7 Å². The molecule has 168 valence electrons. The Labute approximate surface area is 184 Å². The van der Waals surface area contributed by atoms with E-state index in [4.69, 9.17) is 11.5 Å². The maximum Gasteiger partial charge on any atom is 0.312 e. The van der Waals surface area contributed by atoms with Gasteiger partial charge in [-0.05, 0) is 36.3 Å². The van der Waals surface area contributed by atoms with Crippen LogP contribution in [0.4, 0.5) is 4.79 Å². The summed E-state index contributed by atoms with van der Waals surface area (Å²) in [7, 11) is 0. The normalized spacial score (nSPS) is 15.0. The fourth-order valence-corrected chi connectivity index (χ4v) is 3.56. The van der Waals surface area contributed by atoms with Crippen molar-refractivity contribution in [1.82, 2.24) is 10.6 Å². The van der Waals surface area contributed by atoms with Crippen LogP contribution in [0.5, 0.6) is 0 Å². The third kappa shape index (κ3) is 8.39. The average molecular weight is 427 g/mol. The Balaban J connectivity index is 2.10. The van der Waals surface area contributed by atoms with Crippen molar-refractivity contribution in [1.29, 1.82) is 0 Å². The number of amides is 3. The van der Waals surface area contributed by atoms with Gasteiger partial charge >= 0.3 is 6.03 Å². The van der Waals surface area contributed by atoms with E-state index in [2.05, 4.69) is 10.6 Å². The van der Waals surface area contributed by atoms with Crippen molar-refractivity contribution in [2.24, 2.45) is 17.4 Å². The number of aliphatic hydroxyl groups excluding tert-OH is 1. The largest absolute Gasteiger partial charge is 0.391 e. The van der Waals surface area contributed by atoms with Gasteiger partial charge in [0.2, 0.25) is 5.91 Å². The van der Waals surface area contributed by atoms with Gasteiger partial charge in [0.25, 0.3) is 0 Å². The van der Waals surface area contributed by atoms with Crippen molar-refractivity contribution in [3.63, 3.8) is 0 Å². The molecular weight excluding hydrogens is 392 g/mol. The Bertz CT molecular complexity index is 814. The first-order valence-corrected chi connectivity index (χ1v) is 10.6. The summed E-state index contributed by atoms with van der Waals surface area (Å²) < 4.78 is 0. The number of nitrogens with two attached hydrogens (primary N) is 2. The molecule has 4 unspecified atom stereocenters. The summed E-state index contributed by atoms with van der Waals surface area (Å²) in [5.74, 6) is -0.478. The first-order chi connectivity index (χ1) is 14.8. The van der Waals surface area contributed by atoms with Crippen LogP contribution in [0.3, 0.4) is 0 Å². The van der Waals surface area contributed by atoms with E-state index in [0.717, 1.165) is 11.1 Å². The zero-order valence-corrected chi connectivity index (χ0v) is 18.2. The molecule has 0 bridgehead atoms. The number of urea groups is 1. The Kier molecular flexibility index (Phi) is 9.49. The Hall–Kier alpha value is -2.90. The van der Waals surface area contributed by atoms with Gasteiger partial charge in [0.05, 0.1) is 6.10 Å². The number of aliphatic hydroxyl groups is 1. The Morgan fingerprint density at radius 3 is 1.90 bits per heavy atom.